The quantitative estimate of drug-likeness (QED) is 0.817. The van der Waals surface area contributed by atoms with Gasteiger partial charge >= 0.3 is 12.1 Å². The van der Waals surface area contributed by atoms with Gasteiger partial charge in [0.25, 0.3) is 0 Å². The third-order valence-corrected chi connectivity index (χ3v) is 2.01. The summed E-state index contributed by atoms with van der Waals surface area (Å²) in [6.07, 6.45) is -4.72. The standard InChI is InChI=1S/C10H5F4NO2/c11-8-3-5(10(12,13)14)1-2-6(8)7(4-15)9(16)17/h1-3,7H,(H,16,17). The molecule has 90 valence electrons. The van der Waals surface area contributed by atoms with Crippen molar-refractivity contribution in [2.75, 3.05) is 0 Å². The van der Waals surface area contributed by atoms with E-state index < -0.39 is 35.0 Å². The lowest BCUT2D eigenvalue weighted by Gasteiger charge is -2.10. The molecule has 0 heterocycles. The molecule has 7 heteroatoms. The van der Waals surface area contributed by atoms with Crippen molar-refractivity contribution in [2.45, 2.75) is 12.1 Å². The number of carbonyl (C=O) groups is 1. The third-order valence-electron chi connectivity index (χ3n) is 2.01. The molecule has 0 aliphatic carbocycles. The number of aliphatic carboxylic acids is 1. The molecule has 0 bridgehead atoms. The zero-order valence-corrected chi connectivity index (χ0v) is 8.12. The second-order valence-electron chi connectivity index (χ2n) is 3.13. The van der Waals surface area contributed by atoms with E-state index in [1.54, 1.807) is 0 Å². The van der Waals surface area contributed by atoms with Crippen LogP contribution in [0.5, 0.6) is 0 Å². The van der Waals surface area contributed by atoms with Gasteiger partial charge in [-0.1, -0.05) is 6.07 Å². The first kappa shape index (κ1) is 13.0. The first-order valence-electron chi connectivity index (χ1n) is 4.26. The number of nitrogens with zero attached hydrogens (tertiary/aromatic N) is 1. The summed E-state index contributed by atoms with van der Waals surface area (Å²) < 4.78 is 49.8. The van der Waals surface area contributed by atoms with E-state index in [0.29, 0.717) is 12.1 Å². The van der Waals surface area contributed by atoms with Crippen molar-refractivity contribution in [3.05, 3.63) is 35.1 Å². The lowest BCUT2D eigenvalue weighted by Crippen LogP contribution is -2.13. The van der Waals surface area contributed by atoms with E-state index >= 15 is 0 Å². The van der Waals surface area contributed by atoms with Gasteiger partial charge in [0, 0.05) is 5.56 Å². The first-order valence-corrected chi connectivity index (χ1v) is 4.26. The van der Waals surface area contributed by atoms with Crippen LogP contribution in [0.3, 0.4) is 0 Å². The van der Waals surface area contributed by atoms with Gasteiger partial charge in [-0.2, -0.15) is 18.4 Å². The van der Waals surface area contributed by atoms with E-state index in [2.05, 4.69) is 0 Å². The van der Waals surface area contributed by atoms with Crippen LogP contribution in [0.1, 0.15) is 17.0 Å². The summed E-state index contributed by atoms with van der Waals surface area (Å²) in [5.74, 6) is -4.81. The molecule has 1 aromatic rings. The van der Waals surface area contributed by atoms with E-state index in [9.17, 15) is 22.4 Å². The van der Waals surface area contributed by atoms with E-state index in [4.69, 9.17) is 10.4 Å². The highest BCUT2D eigenvalue weighted by molar-refractivity contribution is 5.79. The van der Waals surface area contributed by atoms with E-state index in [1.165, 1.54) is 6.07 Å². The molecule has 0 aromatic heterocycles. The maximum Gasteiger partial charge on any atom is 0.416 e. The molecule has 0 aliphatic heterocycles. The lowest BCUT2D eigenvalue weighted by atomic mass is 9.98. The summed E-state index contributed by atoms with van der Waals surface area (Å²) in [6.45, 7) is 0. The van der Waals surface area contributed by atoms with Crippen LogP contribution in [0.15, 0.2) is 18.2 Å². The Bertz CT molecular complexity index is 490. The Morgan fingerprint density at radius 2 is 2.00 bits per heavy atom. The van der Waals surface area contributed by atoms with Gasteiger partial charge in [-0.3, -0.25) is 4.79 Å². The number of alkyl halides is 3. The average Bonchev–Trinajstić information content (AvgIpc) is 2.19. The molecule has 0 fully saturated rings. The summed E-state index contributed by atoms with van der Waals surface area (Å²) in [5, 5.41) is 17.1. The number of carboxylic acid groups (broad SMARTS) is 1. The molecule has 0 saturated heterocycles. The molecule has 1 rings (SSSR count). The molecule has 1 N–H and O–H groups in total. The molecule has 17 heavy (non-hydrogen) atoms. The van der Waals surface area contributed by atoms with Crippen molar-refractivity contribution < 1.29 is 27.5 Å². The van der Waals surface area contributed by atoms with Crippen LogP contribution in [0.25, 0.3) is 0 Å². The summed E-state index contributed by atoms with van der Waals surface area (Å²) in [6, 6.07) is 2.65. The zero-order chi connectivity index (χ0) is 13.2. The number of hydrogen-bond donors (Lipinski definition) is 1. The van der Waals surface area contributed by atoms with Crippen molar-refractivity contribution in [1.29, 1.82) is 5.26 Å². The fraction of sp³-hybridized carbons (Fsp3) is 0.200. The number of benzene rings is 1. The zero-order valence-electron chi connectivity index (χ0n) is 8.12. The molecule has 0 aliphatic rings. The highest BCUT2D eigenvalue weighted by Gasteiger charge is 2.32. The van der Waals surface area contributed by atoms with Crippen LogP contribution >= 0.6 is 0 Å². The second kappa shape index (κ2) is 4.41. The van der Waals surface area contributed by atoms with Crippen molar-refractivity contribution in [3.8, 4) is 6.07 Å². The van der Waals surface area contributed by atoms with Gasteiger partial charge in [-0.05, 0) is 12.1 Å². The Labute approximate surface area is 92.9 Å². The minimum absolute atomic E-state index is 0.169. The molecular weight excluding hydrogens is 242 g/mol. The number of hydrogen-bond acceptors (Lipinski definition) is 2. The number of carboxylic acids is 1. The molecule has 0 spiro atoms. The summed E-state index contributed by atoms with van der Waals surface area (Å²) in [4.78, 5) is 10.6. The summed E-state index contributed by atoms with van der Waals surface area (Å²) in [7, 11) is 0. The van der Waals surface area contributed by atoms with Crippen molar-refractivity contribution >= 4 is 5.97 Å². The fourth-order valence-electron chi connectivity index (χ4n) is 1.20. The van der Waals surface area contributed by atoms with Crippen LogP contribution in [-0.2, 0) is 11.0 Å². The Balaban J connectivity index is 3.24. The van der Waals surface area contributed by atoms with Gasteiger partial charge in [0.05, 0.1) is 11.6 Å². The fourth-order valence-corrected chi connectivity index (χ4v) is 1.20. The average molecular weight is 247 g/mol. The molecule has 1 atom stereocenters. The van der Waals surface area contributed by atoms with Crippen molar-refractivity contribution in [3.63, 3.8) is 0 Å². The highest BCUT2D eigenvalue weighted by Crippen LogP contribution is 2.31. The number of rotatable bonds is 2. The maximum atomic E-state index is 13.3. The van der Waals surface area contributed by atoms with E-state index in [-0.39, 0.29) is 6.07 Å². The Hall–Kier alpha value is -2.10. The number of nitriles is 1. The molecule has 0 amide bonds. The van der Waals surface area contributed by atoms with Gasteiger partial charge in [0.1, 0.15) is 5.82 Å². The molecule has 3 nitrogen and oxygen atoms in total. The van der Waals surface area contributed by atoms with Crippen LogP contribution < -0.4 is 0 Å². The maximum absolute atomic E-state index is 13.3. The van der Waals surface area contributed by atoms with Crippen LogP contribution in [0, 0.1) is 17.1 Å². The van der Waals surface area contributed by atoms with Gasteiger partial charge < -0.3 is 5.11 Å². The number of halogens is 4. The van der Waals surface area contributed by atoms with Crippen molar-refractivity contribution in [2.24, 2.45) is 0 Å². The smallest absolute Gasteiger partial charge is 0.416 e. The van der Waals surface area contributed by atoms with Gasteiger partial charge in [-0.25, -0.2) is 4.39 Å². The first-order chi connectivity index (χ1) is 7.77. The van der Waals surface area contributed by atoms with Crippen molar-refractivity contribution in [1.82, 2.24) is 0 Å². The Morgan fingerprint density at radius 3 is 2.35 bits per heavy atom. The van der Waals surface area contributed by atoms with Gasteiger partial charge in [0.2, 0.25) is 0 Å². The molecular formula is C10H5F4NO2. The molecule has 0 radical (unpaired) electrons. The predicted octanol–water partition coefficient (Wildman–Crippen LogP) is 2.54. The molecule has 0 saturated carbocycles. The van der Waals surface area contributed by atoms with Gasteiger partial charge in [-0.15, -0.1) is 0 Å². The predicted molar refractivity (Wildman–Crippen MR) is 47.4 cm³/mol. The third kappa shape index (κ3) is 2.72. The highest BCUT2D eigenvalue weighted by atomic mass is 19.4. The lowest BCUT2D eigenvalue weighted by molar-refractivity contribution is -0.138. The Morgan fingerprint density at radius 1 is 1.41 bits per heavy atom. The van der Waals surface area contributed by atoms with Crippen LogP contribution in [-0.4, -0.2) is 11.1 Å². The van der Waals surface area contributed by atoms with E-state index in [1.807, 2.05) is 0 Å². The second-order valence-corrected chi connectivity index (χ2v) is 3.13. The summed E-state index contributed by atoms with van der Waals surface area (Å²) in [5.41, 5.74) is -1.83. The van der Waals surface area contributed by atoms with Gasteiger partial charge in [0.15, 0.2) is 5.92 Å². The van der Waals surface area contributed by atoms with E-state index in [0.717, 1.165) is 0 Å². The molecule has 1 aromatic carbocycles. The Kier molecular flexibility index (Phi) is 3.36. The monoisotopic (exact) mass is 247 g/mol. The topological polar surface area (TPSA) is 61.1 Å². The summed E-state index contributed by atoms with van der Waals surface area (Å²) >= 11 is 0. The van der Waals surface area contributed by atoms with Crippen LogP contribution in [0.2, 0.25) is 0 Å². The normalized spacial score (nSPS) is 12.9. The minimum atomic E-state index is -4.72. The van der Waals surface area contributed by atoms with Crippen LogP contribution in [0.4, 0.5) is 17.6 Å². The largest absolute Gasteiger partial charge is 0.480 e. The SMILES string of the molecule is N#CC(C(=O)O)c1ccc(C(F)(F)F)cc1F. The minimum Gasteiger partial charge on any atom is -0.480 e. The molecule has 1 unspecified atom stereocenters.